The minimum Gasteiger partial charge on any atom is -0.391 e. The number of hydrogen-bond acceptors (Lipinski definition) is 5. The van der Waals surface area contributed by atoms with Crippen LogP contribution in [0, 0.1) is 0 Å². The minimum absolute atomic E-state index is 0.0122. The molecule has 0 saturated heterocycles. The molecular weight excluding hydrogens is 262 g/mol. The number of ether oxygens (including phenoxy) is 3. The molecule has 0 aromatic carbocycles. The molecule has 0 rings (SSSR count). The number of azide groups is 1. The molecule has 0 bridgehead atoms. The van der Waals surface area contributed by atoms with Gasteiger partial charge < -0.3 is 19.3 Å². The number of rotatable bonds is 14. The second-order valence-corrected chi connectivity index (χ2v) is 4.51. The molecule has 118 valence electrons. The Kier molecular flexibility index (Phi) is 13.9. The summed E-state index contributed by atoms with van der Waals surface area (Å²) in [4.78, 5) is 2.57. The summed E-state index contributed by atoms with van der Waals surface area (Å²) in [7, 11) is 0. The van der Waals surface area contributed by atoms with E-state index in [-0.39, 0.29) is 19.4 Å². The first-order valence-electron chi connectivity index (χ1n) is 7.20. The van der Waals surface area contributed by atoms with Gasteiger partial charge in [0.15, 0.2) is 6.29 Å². The Morgan fingerprint density at radius 1 is 1.15 bits per heavy atom. The van der Waals surface area contributed by atoms with Crippen molar-refractivity contribution >= 4 is 0 Å². The lowest BCUT2D eigenvalue weighted by Gasteiger charge is -2.16. The van der Waals surface area contributed by atoms with Crippen molar-refractivity contribution < 1.29 is 19.3 Å². The minimum atomic E-state index is -0.788. The first-order chi connectivity index (χ1) is 9.70. The Morgan fingerprint density at radius 2 is 1.85 bits per heavy atom. The molecule has 2 atom stereocenters. The first kappa shape index (κ1) is 19.1. The van der Waals surface area contributed by atoms with E-state index in [0.717, 1.165) is 38.9 Å². The van der Waals surface area contributed by atoms with E-state index < -0.39 is 6.10 Å². The van der Waals surface area contributed by atoms with Crippen LogP contribution in [0.3, 0.4) is 0 Å². The lowest BCUT2D eigenvalue weighted by molar-refractivity contribution is -0.146. The van der Waals surface area contributed by atoms with Crippen LogP contribution in [-0.2, 0) is 14.2 Å². The third kappa shape index (κ3) is 13.6. The van der Waals surface area contributed by atoms with E-state index in [1.807, 2.05) is 0 Å². The molecule has 0 fully saturated rings. The highest BCUT2D eigenvalue weighted by atomic mass is 16.7. The predicted molar refractivity (Wildman–Crippen MR) is 76.3 cm³/mol. The van der Waals surface area contributed by atoms with Crippen molar-refractivity contribution in [2.75, 3.05) is 33.0 Å². The van der Waals surface area contributed by atoms with E-state index in [2.05, 4.69) is 16.9 Å². The second kappa shape index (κ2) is 14.6. The van der Waals surface area contributed by atoms with Crippen LogP contribution in [0.1, 0.15) is 39.5 Å². The van der Waals surface area contributed by atoms with Crippen molar-refractivity contribution in [1.29, 1.82) is 0 Å². The monoisotopic (exact) mass is 289 g/mol. The maximum Gasteiger partial charge on any atom is 0.154 e. The van der Waals surface area contributed by atoms with Crippen molar-refractivity contribution in [3.8, 4) is 0 Å². The van der Waals surface area contributed by atoms with Crippen LogP contribution in [0.4, 0.5) is 0 Å². The van der Waals surface area contributed by atoms with Crippen molar-refractivity contribution in [2.45, 2.75) is 51.9 Å². The molecule has 7 nitrogen and oxygen atoms in total. The SMILES string of the molecule is CCCCOCCCCOC(C)OCC(O)CN=[N+]=[N-]. The first-order valence-corrected chi connectivity index (χ1v) is 7.20. The van der Waals surface area contributed by atoms with Crippen LogP contribution in [0.2, 0.25) is 0 Å². The number of aliphatic hydroxyl groups is 1. The van der Waals surface area contributed by atoms with Crippen LogP contribution in [0.15, 0.2) is 5.11 Å². The van der Waals surface area contributed by atoms with Crippen molar-refractivity contribution in [3.63, 3.8) is 0 Å². The van der Waals surface area contributed by atoms with E-state index in [0.29, 0.717) is 6.61 Å². The van der Waals surface area contributed by atoms with Gasteiger partial charge in [-0.2, -0.15) is 0 Å². The molecule has 7 heteroatoms. The fraction of sp³-hybridized carbons (Fsp3) is 1.00. The molecule has 2 unspecified atom stereocenters. The van der Waals surface area contributed by atoms with E-state index in [1.165, 1.54) is 0 Å². The van der Waals surface area contributed by atoms with E-state index >= 15 is 0 Å². The second-order valence-electron chi connectivity index (χ2n) is 4.51. The van der Waals surface area contributed by atoms with Gasteiger partial charge in [-0.05, 0) is 31.7 Å². The van der Waals surface area contributed by atoms with Gasteiger partial charge in [0.25, 0.3) is 0 Å². The van der Waals surface area contributed by atoms with Crippen LogP contribution >= 0.6 is 0 Å². The summed E-state index contributed by atoms with van der Waals surface area (Å²) in [6.45, 7) is 6.23. The molecule has 0 aliphatic carbocycles. The summed E-state index contributed by atoms with van der Waals surface area (Å²) in [5.74, 6) is 0. The standard InChI is InChI=1S/C13H27N3O4/c1-3-4-7-18-8-5-6-9-19-12(2)20-11-13(17)10-15-16-14/h12-13,17H,3-11H2,1-2H3. The van der Waals surface area contributed by atoms with Crippen molar-refractivity contribution in [2.24, 2.45) is 5.11 Å². The summed E-state index contributed by atoms with van der Waals surface area (Å²) in [6, 6.07) is 0. The molecule has 0 aliphatic heterocycles. The molecule has 0 amide bonds. The predicted octanol–water partition coefficient (Wildman–Crippen LogP) is 2.63. The summed E-state index contributed by atoms with van der Waals surface area (Å²) >= 11 is 0. The third-order valence-corrected chi connectivity index (χ3v) is 2.56. The fourth-order valence-corrected chi connectivity index (χ4v) is 1.38. The maximum atomic E-state index is 9.38. The Hall–Kier alpha value is -0.850. The van der Waals surface area contributed by atoms with Gasteiger partial charge in [0, 0.05) is 24.7 Å². The number of hydrogen-bond donors (Lipinski definition) is 1. The number of aliphatic hydroxyl groups excluding tert-OH is 1. The van der Waals surface area contributed by atoms with Crippen LogP contribution in [-0.4, -0.2) is 50.5 Å². The molecule has 0 aromatic rings. The van der Waals surface area contributed by atoms with E-state index in [4.69, 9.17) is 19.7 Å². The van der Waals surface area contributed by atoms with Crippen molar-refractivity contribution in [3.05, 3.63) is 10.4 Å². The van der Waals surface area contributed by atoms with Gasteiger partial charge in [0.2, 0.25) is 0 Å². The molecule has 1 N–H and O–H groups in total. The summed E-state index contributed by atoms with van der Waals surface area (Å²) in [5.41, 5.74) is 8.10. The van der Waals surface area contributed by atoms with E-state index in [9.17, 15) is 5.11 Å². The quantitative estimate of drug-likeness (QED) is 0.175. The van der Waals surface area contributed by atoms with Gasteiger partial charge in [0.1, 0.15) is 0 Å². The van der Waals surface area contributed by atoms with Crippen molar-refractivity contribution in [1.82, 2.24) is 0 Å². The molecule has 20 heavy (non-hydrogen) atoms. The Bertz CT molecular complexity index is 260. The summed E-state index contributed by atoms with van der Waals surface area (Å²) < 4.78 is 16.1. The Balaban J connectivity index is 3.31. The lowest BCUT2D eigenvalue weighted by atomic mass is 10.3. The van der Waals surface area contributed by atoms with Crippen LogP contribution in [0.25, 0.3) is 10.4 Å². The van der Waals surface area contributed by atoms with Gasteiger partial charge in [-0.25, -0.2) is 0 Å². The van der Waals surface area contributed by atoms with Gasteiger partial charge >= 0.3 is 0 Å². The maximum absolute atomic E-state index is 9.38. The van der Waals surface area contributed by atoms with Crippen LogP contribution < -0.4 is 0 Å². The number of unbranched alkanes of at least 4 members (excludes halogenated alkanes) is 2. The molecule has 0 heterocycles. The highest BCUT2D eigenvalue weighted by molar-refractivity contribution is 4.58. The third-order valence-electron chi connectivity index (χ3n) is 2.56. The molecule has 0 aliphatic rings. The zero-order chi connectivity index (χ0) is 15.1. The average Bonchev–Trinajstić information content (AvgIpc) is 2.45. The van der Waals surface area contributed by atoms with E-state index in [1.54, 1.807) is 6.92 Å². The number of nitrogens with zero attached hydrogens (tertiary/aromatic N) is 3. The van der Waals surface area contributed by atoms with Gasteiger partial charge in [0.05, 0.1) is 19.3 Å². The van der Waals surface area contributed by atoms with Gasteiger partial charge in [-0.1, -0.05) is 18.5 Å². The molecule has 0 aromatic heterocycles. The highest BCUT2D eigenvalue weighted by Gasteiger charge is 2.07. The molecule has 0 spiro atoms. The zero-order valence-electron chi connectivity index (χ0n) is 12.5. The van der Waals surface area contributed by atoms with Gasteiger partial charge in [-0.3, -0.25) is 0 Å². The van der Waals surface area contributed by atoms with Gasteiger partial charge in [-0.15, -0.1) is 0 Å². The summed E-state index contributed by atoms with van der Waals surface area (Å²) in [6.07, 6.45) is 2.99. The fourth-order valence-electron chi connectivity index (χ4n) is 1.38. The smallest absolute Gasteiger partial charge is 0.154 e. The topological polar surface area (TPSA) is 96.7 Å². The average molecular weight is 289 g/mol. The summed E-state index contributed by atoms with van der Waals surface area (Å²) in [5, 5.41) is 12.6. The zero-order valence-corrected chi connectivity index (χ0v) is 12.5. The Morgan fingerprint density at radius 3 is 2.55 bits per heavy atom. The lowest BCUT2D eigenvalue weighted by Crippen LogP contribution is -2.24. The Labute approximate surface area is 120 Å². The largest absolute Gasteiger partial charge is 0.391 e. The molecule has 0 saturated carbocycles. The normalized spacial score (nSPS) is 13.8. The van der Waals surface area contributed by atoms with Crippen LogP contribution in [0.5, 0.6) is 0 Å². The highest BCUT2D eigenvalue weighted by Crippen LogP contribution is 2.00. The molecular formula is C13H27N3O4. The molecule has 0 radical (unpaired) electrons.